The molecule has 0 radical (unpaired) electrons. The van der Waals surface area contributed by atoms with E-state index in [4.69, 9.17) is 4.74 Å². The number of ether oxygens (including phenoxy) is 1. The highest BCUT2D eigenvalue weighted by Gasteiger charge is 2.48. The van der Waals surface area contributed by atoms with Gasteiger partial charge in [-0.3, -0.25) is 9.69 Å². The SMILES string of the molecule is CCCC(C)N1CC2(CCN(C(=O)CN3CCCN(C)CC3)CC2)OC1=O. The maximum absolute atomic E-state index is 12.7. The minimum absolute atomic E-state index is 0.176. The zero-order valence-corrected chi connectivity index (χ0v) is 17.3. The van der Waals surface area contributed by atoms with E-state index in [0.29, 0.717) is 26.2 Å². The van der Waals surface area contributed by atoms with Gasteiger partial charge in [0.2, 0.25) is 5.91 Å². The number of amides is 2. The number of piperidine rings is 1. The Morgan fingerprint density at radius 2 is 1.89 bits per heavy atom. The Hall–Kier alpha value is -1.34. The predicted octanol–water partition coefficient (Wildman–Crippen LogP) is 1.63. The van der Waals surface area contributed by atoms with Crippen molar-refractivity contribution in [3.05, 3.63) is 0 Å². The van der Waals surface area contributed by atoms with Crippen molar-refractivity contribution in [1.29, 1.82) is 0 Å². The molecule has 0 bridgehead atoms. The van der Waals surface area contributed by atoms with Crippen molar-refractivity contribution in [3.63, 3.8) is 0 Å². The van der Waals surface area contributed by atoms with Crippen LogP contribution in [0.2, 0.25) is 0 Å². The van der Waals surface area contributed by atoms with Crippen LogP contribution in [-0.4, -0.2) is 103 Å². The summed E-state index contributed by atoms with van der Waals surface area (Å²) in [5.41, 5.74) is -0.388. The standard InChI is InChI=1S/C20H36N4O3/c1-4-6-17(2)24-16-20(27-19(24)26)7-11-23(12-8-20)18(25)15-22-10-5-9-21(3)13-14-22/h17H,4-16H2,1-3H3. The second-order valence-corrected chi connectivity index (χ2v) is 8.63. The van der Waals surface area contributed by atoms with E-state index in [1.165, 1.54) is 0 Å². The molecule has 3 aliphatic heterocycles. The van der Waals surface area contributed by atoms with Crippen LogP contribution in [0.5, 0.6) is 0 Å². The molecule has 1 atom stereocenters. The lowest BCUT2D eigenvalue weighted by atomic mass is 9.91. The minimum atomic E-state index is -0.388. The summed E-state index contributed by atoms with van der Waals surface area (Å²) in [6.07, 6.45) is 4.51. The fraction of sp³-hybridized carbons (Fsp3) is 0.900. The first kappa shape index (κ1) is 20.4. The van der Waals surface area contributed by atoms with Crippen molar-refractivity contribution < 1.29 is 14.3 Å². The molecule has 3 aliphatic rings. The van der Waals surface area contributed by atoms with Crippen LogP contribution in [0.4, 0.5) is 4.79 Å². The molecule has 7 nitrogen and oxygen atoms in total. The van der Waals surface area contributed by atoms with Crippen LogP contribution in [0.25, 0.3) is 0 Å². The second-order valence-electron chi connectivity index (χ2n) is 8.63. The van der Waals surface area contributed by atoms with Gasteiger partial charge in [-0.25, -0.2) is 4.79 Å². The maximum Gasteiger partial charge on any atom is 0.410 e. The van der Waals surface area contributed by atoms with E-state index < -0.39 is 0 Å². The highest BCUT2D eigenvalue weighted by molar-refractivity contribution is 5.78. The van der Waals surface area contributed by atoms with E-state index >= 15 is 0 Å². The summed E-state index contributed by atoms with van der Waals surface area (Å²) >= 11 is 0. The number of hydrogen-bond acceptors (Lipinski definition) is 5. The minimum Gasteiger partial charge on any atom is -0.441 e. The van der Waals surface area contributed by atoms with Gasteiger partial charge < -0.3 is 19.4 Å². The fourth-order valence-electron chi connectivity index (χ4n) is 4.53. The van der Waals surface area contributed by atoms with Crippen molar-refractivity contribution in [3.8, 4) is 0 Å². The highest BCUT2D eigenvalue weighted by Crippen LogP contribution is 2.34. The molecule has 7 heteroatoms. The molecule has 0 aromatic carbocycles. The van der Waals surface area contributed by atoms with Crippen LogP contribution in [-0.2, 0) is 9.53 Å². The van der Waals surface area contributed by atoms with Gasteiger partial charge in [0.1, 0.15) is 5.60 Å². The molecule has 1 spiro atoms. The van der Waals surface area contributed by atoms with Gasteiger partial charge in [-0.05, 0) is 39.9 Å². The molecule has 2 amide bonds. The Labute approximate surface area is 163 Å². The topological polar surface area (TPSA) is 56.3 Å². The van der Waals surface area contributed by atoms with Crippen LogP contribution in [0.3, 0.4) is 0 Å². The Morgan fingerprint density at radius 1 is 1.15 bits per heavy atom. The molecule has 3 saturated heterocycles. The van der Waals surface area contributed by atoms with Crippen LogP contribution < -0.4 is 0 Å². The van der Waals surface area contributed by atoms with E-state index in [-0.39, 0.29) is 23.6 Å². The van der Waals surface area contributed by atoms with Crippen molar-refractivity contribution in [1.82, 2.24) is 19.6 Å². The number of nitrogens with zero attached hydrogens (tertiary/aromatic N) is 4. The normalized spacial score (nSPS) is 25.5. The molecule has 154 valence electrons. The molecule has 0 aromatic heterocycles. The van der Waals surface area contributed by atoms with Gasteiger partial charge in [0.15, 0.2) is 0 Å². The summed E-state index contributed by atoms with van der Waals surface area (Å²) in [6, 6.07) is 0.225. The average Bonchev–Trinajstić information content (AvgIpc) is 2.81. The third-order valence-electron chi connectivity index (χ3n) is 6.43. The summed E-state index contributed by atoms with van der Waals surface area (Å²) in [6.45, 7) is 10.9. The third kappa shape index (κ3) is 4.93. The molecule has 1 unspecified atom stereocenters. The van der Waals surface area contributed by atoms with E-state index in [9.17, 15) is 9.59 Å². The first-order chi connectivity index (χ1) is 12.9. The summed E-state index contributed by atoms with van der Waals surface area (Å²) < 4.78 is 5.81. The van der Waals surface area contributed by atoms with Crippen LogP contribution in [0.1, 0.15) is 46.0 Å². The van der Waals surface area contributed by atoms with Crippen molar-refractivity contribution >= 4 is 12.0 Å². The van der Waals surface area contributed by atoms with Gasteiger partial charge in [0.25, 0.3) is 0 Å². The maximum atomic E-state index is 12.7. The highest BCUT2D eigenvalue weighted by atomic mass is 16.6. The Bertz CT molecular complexity index is 533. The predicted molar refractivity (Wildman–Crippen MR) is 105 cm³/mol. The van der Waals surface area contributed by atoms with E-state index in [1.54, 1.807) is 0 Å². The van der Waals surface area contributed by atoms with Gasteiger partial charge in [0, 0.05) is 45.1 Å². The lowest BCUT2D eigenvalue weighted by Gasteiger charge is -2.38. The summed E-state index contributed by atoms with van der Waals surface area (Å²) in [5.74, 6) is 0.218. The first-order valence-corrected chi connectivity index (χ1v) is 10.6. The van der Waals surface area contributed by atoms with Crippen molar-refractivity contribution in [2.45, 2.75) is 57.6 Å². The first-order valence-electron chi connectivity index (χ1n) is 10.6. The van der Waals surface area contributed by atoms with Gasteiger partial charge in [-0.1, -0.05) is 13.3 Å². The number of likely N-dealkylation sites (tertiary alicyclic amines) is 1. The van der Waals surface area contributed by atoms with Crippen LogP contribution in [0, 0.1) is 0 Å². The summed E-state index contributed by atoms with van der Waals surface area (Å²) in [5, 5.41) is 0. The van der Waals surface area contributed by atoms with E-state index in [0.717, 1.165) is 58.3 Å². The van der Waals surface area contributed by atoms with Crippen LogP contribution >= 0.6 is 0 Å². The largest absolute Gasteiger partial charge is 0.441 e. The van der Waals surface area contributed by atoms with Crippen molar-refractivity contribution in [2.75, 3.05) is 59.4 Å². The molecule has 0 aliphatic carbocycles. The quantitative estimate of drug-likeness (QED) is 0.726. The fourth-order valence-corrected chi connectivity index (χ4v) is 4.53. The number of carbonyl (C=O) groups is 2. The smallest absolute Gasteiger partial charge is 0.410 e. The monoisotopic (exact) mass is 380 g/mol. The number of carbonyl (C=O) groups excluding carboxylic acids is 2. The van der Waals surface area contributed by atoms with E-state index in [2.05, 4.69) is 30.7 Å². The lowest BCUT2D eigenvalue weighted by molar-refractivity contribution is -0.135. The number of rotatable bonds is 5. The third-order valence-corrected chi connectivity index (χ3v) is 6.43. The van der Waals surface area contributed by atoms with Crippen LogP contribution in [0.15, 0.2) is 0 Å². The molecule has 0 saturated carbocycles. The molecular weight excluding hydrogens is 344 g/mol. The molecule has 0 aromatic rings. The van der Waals surface area contributed by atoms with Gasteiger partial charge in [0.05, 0.1) is 13.1 Å². The number of likely N-dealkylation sites (N-methyl/N-ethyl adjacent to an activating group) is 1. The molecule has 3 rings (SSSR count). The summed E-state index contributed by atoms with van der Waals surface area (Å²) in [4.78, 5) is 33.5. The zero-order valence-electron chi connectivity index (χ0n) is 17.3. The lowest BCUT2D eigenvalue weighted by Crippen LogP contribution is -2.51. The van der Waals surface area contributed by atoms with Crippen molar-refractivity contribution in [2.24, 2.45) is 0 Å². The molecule has 3 fully saturated rings. The molecule has 3 heterocycles. The second kappa shape index (κ2) is 8.78. The van der Waals surface area contributed by atoms with Gasteiger partial charge >= 0.3 is 6.09 Å². The zero-order chi connectivity index (χ0) is 19.4. The molecule has 27 heavy (non-hydrogen) atoms. The Kier molecular flexibility index (Phi) is 6.63. The number of hydrogen-bond donors (Lipinski definition) is 0. The molecular formula is C20H36N4O3. The average molecular weight is 381 g/mol. The Balaban J connectivity index is 1.48. The Morgan fingerprint density at radius 3 is 2.59 bits per heavy atom. The van der Waals surface area contributed by atoms with Gasteiger partial charge in [-0.15, -0.1) is 0 Å². The van der Waals surface area contributed by atoms with E-state index in [1.807, 2.05) is 9.80 Å². The van der Waals surface area contributed by atoms with Gasteiger partial charge in [-0.2, -0.15) is 0 Å². The summed E-state index contributed by atoms with van der Waals surface area (Å²) in [7, 11) is 2.14. The molecule has 0 N–H and O–H groups in total.